The van der Waals surface area contributed by atoms with E-state index < -0.39 is 0 Å². The molecule has 0 bridgehead atoms. The van der Waals surface area contributed by atoms with E-state index >= 15 is 0 Å². The van der Waals surface area contributed by atoms with E-state index in [0.717, 1.165) is 24.4 Å². The third-order valence-corrected chi connectivity index (χ3v) is 4.33. The van der Waals surface area contributed by atoms with Gasteiger partial charge in [0.15, 0.2) is 0 Å². The number of hydrogen-bond acceptors (Lipinski definition) is 4. The van der Waals surface area contributed by atoms with Gasteiger partial charge in [-0.15, -0.1) is 0 Å². The summed E-state index contributed by atoms with van der Waals surface area (Å²) in [4.78, 5) is 14.4. The monoisotopic (exact) mass is 289 g/mol. The Balaban J connectivity index is 1.42. The van der Waals surface area contributed by atoms with Gasteiger partial charge in [-0.3, -0.25) is 9.69 Å². The number of ether oxygens (including phenoxy) is 1. The number of amides is 1. The van der Waals surface area contributed by atoms with Gasteiger partial charge in [0, 0.05) is 24.8 Å². The van der Waals surface area contributed by atoms with Crippen LogP contribution in [0.2, 0.25) is 0 Å². The quantitative estimate of drug-likeness (QED) is 0.804. The number of carbonyl (C=O) groups is 1. The molecule has 2 saturated heterocycles. The molecule has 5 heteroatoms. The highest BCUT2D eigenvalue weighted by Crippen LogP contribution is 2.22. The lowest BCUT2D eigenvalue weighted by Crippen LogP contribution is -2.50. The second kappa shape index (κ2) is 6.45. The maximum atomic E-state index is 12.0. The molecule has 2 fully saturated rings. The molecule has 2 aliphatic rings. The van der Waals surface area contributed by atoms with Crippen LogP contribution >= 0.6 is 0 Å². The Morgan fingerprint density at radius 3 is 3.00 bits per heavy atom. The highest BCUT2D eigenvalue weighted by Gasteiger charge is 2.32. The average Bonchev–Trinajstić information content (AvgIpc) is 2.95. The van der Waals surface area contributed by atoms with E-state index in [0.29, 0.717) is 19.0 Å². The van der Waals surface area contributed by atoms with Crippen LogP contribution in [0.1, 0.15) is 18.4 Å². The summed E-state index contributed by atoms with van der Waals surface area (Å²) in [5, 5.41) is 2.97. The molecule has 0 saturated carbocycles. The van der Waals surface area contributed by atoms with E-state index in [1.807, 2.05) is 24.3 Å². The molecule has 1 amide bonds. The summed E-state index contributed by atoms with van der Waals surface area (Å²) in [5.41, 5.74) is 7.33. The lowest BCUT2D eigenvalue weighted by Gasteiger charge is -2.35. The third-order valence-electron chi connectivity index (χ3n) is 4.33. The lowest BCUT2D eigenvalue weighted by molar-refractivity contribution is -0.121. The Kier molecular flexibility index (Phi) is 4.41. The van der Waals surface area contributed by atoms with Crippen LogP contribution in [0.15, 0.2) is 24.3 Å². The number of fused-ring (bicyclic) bond motifs is 1. The normalized spacial score (nSPS) is 25.5. The van der Waals surface area contributed by atoms with Crippen molar-refractivity contribution in [3.05, 3.63) is 29.8 Å². The lowest BCUT2D eigenvalue weighted by atomic mass is 10.1. The molecular formula is C16H23N3O2. The second-order valence-corrected chi connectivity index (χ2v) is 5.97. The van der Waals surface area contributed by atoms with Gasteiger partial charge in [0.05, 0.1) is 19.1 Å². The Morgan fingerprint density at radius 1 is 1.38 bits per heavy atom. The first kappa shape index (κ1) is 14.4. The Hall–Kier alpha value is -1.59. The molecule has 1 aromatic rings. The van der Waals surface area contributed by atoms with E-state index in [1.54, 1.807) is 0 Å². The first-order valence-corrected chi connectivity index (χ1v) is 7.67. The van der Waals surface area contributed by atoms with Gasteiger partial charge >= 0.3 is 0 Å². The van der Waals surface area contributed by atoms with Crippen LogP contribution < -0.4 is 11.1 Å². The molecule has 2 unspecified atom stereocenters. The van der Waals surface area contributed by atoms with Crippen LogP contribution in [0.5, 0.6) is 0 Å². The smallest absolute Gasteiger partial charge is 0.224 e. The summed E-state index contributed by atoms with van der Waals surface area (Å²) in [6.07, 6.45) is 3.02. The SMILES string of the molecule is Nc1ccc(CC(=O)NCC2CN3CCCC3CO2)cc1. The first-order valence-electron chi connectivity index (χ1n) is 7.67. The summed E-state index contributed by atoms with van der Waals surface area (Å²) in [7, 11) is 0. The predicted octanol–water partition coefficient (Wildman–Crippen LogP) is 0.791. The fourth-order valence-electron chi connectivity index (χ4n) is 3.12. The fraction of sp³-hybridized carbons (Fsp3) is 0.562. The zero-order valence-electron chi connectivity index (χ0n) is 12.3. The van der Waals surface area contributed by atoms with Crippen LogP contribution in [0.25, 0.3) is 0 Å². The molecule has 1 aromatic carbocycles. The van der Waals surface area contributed by atoms with E-state index in [-0.39, 0.29) is 12.0 Å². The molecule has 3 rings (SSSR count). The van der Waals surface area contributed by atoms with Gasteiger partial charge in [0.25, 0.3) is 0 Å². The molecule has 2 atom stereocenters. The number of rotatable bonds is 4. The average molecular weight is 289 g/mol. The van der Waals surface area contributed by atoms with Gasteiger partial charge in [0.1, 0.15) is 0 Å². The van der Waals surface area contributed by atoms with Crippen LogP contribution in [0, 0.1) is 0 Å². The van der Waals surface area contributed by atoms with E-state index in [1.165, 1.54) is 19.4 Å². The van der Waals surface area contributed by atoms with E-state index in [9.17, 15) is 4.79 Å². The number of benzene rings is 1. The largest absolute Gasteiger partial charge is 0.399 e. The topological polar surface area (TPSA) is 67.6 Å². The molecule has 0 aliphatic carbocycles. The van der Waals surface area contributed by atoms with Crippen molar-refractivity contribution in [2.75, 3.05) is 32.0 Å². The number of carbonyl (C=O) groups excluding carboxylic acids is 1. The summed E-state index contributed by atoms with van der Waals surface area (Å²) >= 11 is 0. The number of anilines is 1. The molecule has 2 aliphatic heterocycles. The van der Waals surface area contributed by atoms with Crippen LogP contribution in [-0.2, 0) is 16.0 Å². The van der Waals surface area contributed by atoms with E-state index in [2.05, 4.69) is 10.2 Å². The van der Waals surface area contributed by atoms with Crippen molar-refractivity contribution >= 4 is 11.6 Å². The minimum atomic E-state index is 0.0342. The van der Waals surface area contributed by atoms with Gasteiger partial charge in [-0.2, -0.15) is 0 Å². The number of nitrogens with two attached hydrogens (primary N) is 1. The van der Waals surface area contributed by atoms with Crippen LogP contribution in [0.4, 0.5) is 5.69 Å². The van der Waals surface area contributed by atoms with Crippen LogP contribution in [-0.4, -0.2) is 49.2 Å². The number of nitrogen functional groups attached to an aromatic ring is 1. The van der Waals surface area contributed by atoms with Gasteiger partial charge in [-0.05, 0) is 37.1 Å². The van der Waals surface area contributed by atoms with Crippen molar-refractivity contribution in [2.45, 2.75) is 31.4 Å². The van der Waals surface area contributed by atoms with Crippen LogP contribution in [0.3, 0.4) is 0 Å². The van der Waals surface area contributed by atoms with Gasteiger partial charge < -0.3 is 15.8 Å². The number of nitrogens with zero attached hydrogens (tertiary/aromatic N) is 1. The Morgan fingerprint density at radius 2 is 2.19 bits per heavy atom. The molecule has 114 valence electrons. The standard InChI is InChI=1S/C16H23N3O2/c17-13-5-3-12(4-6-13)8-16(20)18-9-15-10-19-7-1-2-14(19)11-21-15/h3-6,14-15H,1-2,7-11,17H2,(H,18,20). The third kappa shape index (κ3) is 3.74. The minimum absolute atomic E-state index is 0.0342. The summed E-state index contributed by atoms with van der Waals surface area (Å²) in [6.45, 7) is 3.51. The number of morpholine rings is 1. The number of nitrogens with one attached hydrogen (secondary N) is 1. The Bertz CT molecular complexity index is 489. The first-order chi connectivity index (χ1) is 10.2. The summed E-state index contributed by atoms with van der Waals surface area (Å²) < 4.78 is 5.84. The van der Waals surface area contributed by atoms with Crippen molar-refractivity contribution in [3.8, 4) is 0 Å². The molecule has 3 N–H and O–H groups in total. The molecule has 2 heterocycles. The van der Waals surface area contributed by atoms with Crippen molar-refractivity contribution in [1.29, 1.82) is 0 Å². The highest BCUT2D eigenvalue weighted by atomic mass is 16.5. The van der Waals surface area contributed by atoms with Crippen molar-refractivity contribution < 1.29 is 9.53 Å². The maximum Gasteiger partial charge on any atom is 0.224 e. The van der Waals surface area contributed by atoms with Gasteiger partial charge in [-0.25, -0.2) is 0 Å². The Labute approximate surface area is 125 Å². The number of hydrogen-bond donors (Lipinski definition) is 2. The zero-order chi connectivity index (χ0) is 14.7. The molecule has 5 nitrogen and oxygen atoms in total. The molecule has 21 heavy (non-hydrogen) atoms. The summed E-state index contributed by atoms with van der Waals surface area (Å²) in [5.74, 6) is 0.0342. The molecule has 0 radical (unpaired) electrons. The van der Waals surface area contributed by atoms with Crippen molar-refractivity contribution in [2.24, 2.45) is 0 Å². The van der Waals surface area contributed by atoms with Gasteiger partial charge in [-0.1, -0.05) is 12.1 Å². The zero-order valence-corrected chi connectivity index (χ0v) is 12.3. The van der Waals surface area contributed by atoms with Crippen molar-refractivity contribution in [3.63, 3.8) is 0 Å². The van der Waals surface area contributed by atoms with E-state index in [4.69, 9.17) is 10.5 Å². The molecular weight excluding hydrogens is 266 g/mol. The minimum Gasteiger partial charge on any atom is -0.399 e. The molecule has 0 aromatic heterocycles. The second-order valence-electron chi connectivity index (χ2n) is 5.97. The maximum absolute atomic E-state index is 12.0. The van der Waals surface area contributed by atoms with Crippen molar-refractivity contribution in [1.82, 2.24) is 10.2 Å². The molecule has 0 spiro atoms. The fourth-order valence-corrected chi connectivity index (χ4v) is 3.12. The summed E-state index contributed by atoms with van der Waals surface area (Å²) in [6, 6.07) is 8.02. The predicted molar refractivity (Wildman–Crippen MR) is 81.9 cm³/mol. The highest BCUT2D eigenvalue weighted by molar-refractivity contribution is 5.78. The van der Waals surface area contributed by atoms with Gasteiger partial charge in [0.2, 0.25) is 5.91 Å².